The summed E-state index contributed by atoms with van der Waals surface area (Å²) >= 11 is 0. The maximum atomic E-state index is 11.7. The van der Waals surface area contributed by atoms with E-state index in [1.165, 1.54) is 10.8 Å². The zero-order valence-corrected chi connectivity index (χ0v) is 10.7. The van der Waals surface area contributed by atoms with Gasteiger partial charge in [-0.3, -0.25) is 10.1 Å². The molecule has 1 saturated carbocycles. The number of nitrogens with one attached hydrogen (secondary N) is 2. The Morgan fingerprint density at radius 2 is 2.28 bits per heavy atom. The van der Waals surface area contributed by atoms with Gasteiger partial charge in [0.05, 0.1) is 0 Å². The van der Waals surface area contributed by atoms with E-state index >= 15 is 0 Å². The van der Waals surface area contributed by atoms with Gasteiger partial charge in [0.1, 0.15) is 0 Å². The van der Waals surface area contributed by atoms with Crippen LogP contribution in [0.2, 0.25) is 0 Å². The number of aromatic nitrogens is 2. The molecule has 0 radical (unpaired) electrons. The van der Waals surface area contributed by atoms with Crippen molar-refractivity contribution in [3.63, 3.8) is 0 Å². The van der Waals surface area contributed by atoms with Crippen LogP contribution in [0.4, 0.5) is 10.6 Å². The summed E-state index contributed by atoms with van der Waals surface area (Å²) in [6.45, 7) is 2.78. The van der Waals surface area contributed by atoms with Crippen molar-refractivity contribution < 1.29 is 4.79 Å². The highest BCUT2D eigenvalue weighted by molar-refractivity contribution is 5.87. The zero-order chi connectivity index (χ0) is 13.2. The number of urea groups is 1. The van der Waals surface area contributed by atoms with E-state index in [4.69, 9.17) is 0 Å². The van der Waals surface area contributed by atoms with Gasteiger partial charge in [0.15, 0.2) is 0 Å². The number of nitrogens with zero attached hydrogens (tertiary/aromatic N) is 2. The lowest BCUT2D eigenvalue weighted by molar-refractivity contribution is 0.249. The molecule has 1 aliphatic carbocycles. The monoisotopic (exact) mass is 250 g/mol. The molecule has 6 nitrogen and oxygen atoms in total. The molecule has 1 aromatic rings. The molecule has 0 atom stereocenters. The summed E-state index contributed by atoms with van der Waals surface area (Å²) in [5, 5.41) is 5.27. The Morgan fingerprint density at radius 1 is 1.56 bits per heavy atom. The maximum absolute atomic E-state index is 11.7. The number of aryl methyl sites for hydroxylation is 1. The Hall–Kier alpha value is -1.85. The average molecular weight is 250 g/mol. The average Bonchev–Trinajstić information content (AvgIpc) is 3.13. The van der Waals surface area contributed by atoms with E-state index in [0.717, 1.165) is 19.3 Å². The summed E-state index contributed by atoms with van der Waals surface area (Å²) in [4.78, 5) is 27.1. The van der Waals surface area contributed by atoms with Crippen molar-refractivity contribution in [3.05, 3.63) is 22.7 Å². The molecule has 1 aliphatic rings. The van der Waals surface area contributed by atoms with Crippen LogP contribution in [0.1, 0.15) is 26.2 Å². The fourth-order valence-corrected chi connectivity index (χ4v) is 1.84. The molecule has 0 aliphatic heterocycles. The number of carbonyl (C=O) groups is 1. The van der Waals surface area contributed by atoms with Gasteiger partial charge in [0.25, 0.3) is 5.56 Å². The topological polar surface area (TPSA) is 76.0 Å². The van der Waals surface area contributed by atoms with Gasteiger partial charge in [0.2, 0.25) is 5.82 Å². The Morgan fingerprint density at radius 3 is 2.89 bits per heavy atom. The first-order chi connectivity index (χ1) is 8.56. The number of carbonyl (C=O) groups excluding carboxylic acids is 1. The molecule has 0 aromatic carbocycles. The fourth-order valence-electron chi connectivity index (χ4n) is 1.84. The van der Waals surface area contributed by atoms with Gasteiger partial charge < -0.3 is 9.88 Å². The lowest BCUT2D eigenvalue weighted by Crippen LogP contribution is -2.36. The predicted molar refractivity (Wildman–Crippen MR) is 68.5 cm³/mol. The molecule has 1 aromatic heterocycles. The van der Waals surface area contributed by atoms with E-state index in [1.807, 2.05) is 0 Å². The molecule has 6 heteroatoms. The van der Waals surface area contributed by atoms with Gasteiger partial charge in [0, 0.05) is 26.0 Å². The van der Waals surface area contributed by atoms with Crippen molar-refractivity contribution in [2.75, 3.05) is 11.9 Å². The number of anilines is 1. The van der Waals surface area contributed by atoms with E-state index < -0.39 is 0 Å². The van der Waals surface area contributed by atoms with E-state index in [1.54, 1.807) is 13.2 Å². The van der Waals surface area contributed by atoms with Gasteiger partial charge in [-0.05, 0) is 24.7 Å². The minimum Gasteiger partial charge on any atom is -0.337 e. The highest BCUT2D eigenvalue weighted by Crippen LogP contribution is 2.47. The van der Waals surface area contributed by atoms with Crippen LogP contribution in [-0.4, -0.2) is 22.1 Å². The summed E-state index contributed by atoms with van der Waals surface area (Å²) in [5.74, 6) is 0.0545. The third kappa shape index (κ3) is 2.69. The van der Waals surface area contributed by atoms with E-state index in [9.17, 15) is 9.59 Å². The predicted octanol–water partition coefficient (Wildman–Crippen LogP) is 1.09. The summed E-state index contributed by atoms with van der Waals surface area (Å²) in [6, 6.07) is -0.370. The standard InChI is InChI=1S/C12H18N4O2/c1-3-12(4-5-12)8-14-11(18)15-9-10(17)16(2)7-6-13-9/h6-7H,3-5,8H2,1-2H3,(H2,13,14,15,18). The van der Waals surface area contributed by atoms with E-state index in [0.29, 0.717) is 6.54 Å². The lowest BCUT2D eigenvalue weighted by Gasteiger charge is -2.13. The van der Waals surface area contributed by atoms with Gasteiger partial charge in [-0.2, -0.15) is 0 Å². The lowest BCUT2D eigenvalue weighted by atomic mass is 10.0. The van der Waals surface area contributed by atoms with E-state index in [-0.39, 0.29) is 22.8 Å². The van der Waals surface area contributed by atoms with Crippen LogP contribution >= 0.6 is 0 Å². The molecule has 2 N–H and O–H groups in total. The van der Waals surface area contributed by atoms with Crippen molar-refractivity contribution in [2.24, 2.45) is 12.5 Å². The minimum absolute atomic E-state index is 0.0545. The summed E-state index contributed by atoms with van der Waals surface area (Å²) in [6.07, 6.45) is 6.41. The van der Waals surface area contributed by atoms with Crippen LogP contribution in [0.3, 0.4) is 0 Å². The summed E-state index contributed by atoms with van der Waals surface area (Å²) in [7, 11) is 1.61. The number of hydrogen-bond acceptors (Lipinski definition) is 3. The van der Waals surface area contributed by atoms with Crippen LogP contribution < -0.4 is 16.2 Å². The molecule has 2 amide bonds. The first-order valence-electron chi connectivity index (χ1n) is 6.13. The molecule has 18 heavy (non-hydrogen) atoms. The first-order valence-corrected chi connectivity index (χ1v) is 6.13. The molecule has 2 rings (SSSR count). The van der Waals surface area contributed by atoms with Crippen molar-refractivity contribution >= 4 is 11.8 Å². The van der Waals surface area contributed by atoms with Gasteiger partial charge in [-0.15, -0.1) is 0 Å². The van der Waals surface area contributed by atoms with Crippen molar-refractivity contribution in [3.8, 4) is 0 Å². The van der Waals surface area contributed by atoms with Crippen molar-refractivity contribution in [1.29, 1.82) is 0 Å². The van der Waals surface area contributed by atoms with Crippen molar-refractivity contribution in [2.45, 2.75) is 26.2 Å². The SMILES string of the molecule is CCC1(CNC(=O)Nc2nccn(C)c2=O)CC1. The second kappa shape index (κ2) is 4.80. The molecule has 98 valence electrons. The second-order valence-electron chi connectivity index (χ2n) is 4.85. The molecule has 0 unspecified atom stereocenters. The van der Waals surface area contributed by atoms with Crippen LogP contribution in [0.5, 0.6) is 0 Å². The molecule has 1 heterocycles. The molecular formula is C12H18N4O2. The number of amides is 2. The van der Waals surface area contributed by atoms with Crippen LogP contribution in [0, 0.1) is 5.41 Å². The Labute approximate surface area is 105 Å². The molecule has 0 spiro atoms. The normalized spacial score (nSPS) is 16.1. The Balaban J connectivity index is 1.91. The smallest absolute Gasteiger partial charge is 0.320 e. The maximum Gasteiger partial charge on any atom is 0.320 e. The van der Waals surface area contributed by atoms with Crippen LogP contribution in [0.25, 0.3) is 0 Å². The third-order valence-corrected chi connectivity index (χ3v) is 3.58. The quantitative estimate of drug-likeness (QED) is 0.840. The summed E-state index contributed by atoms with van der Waals surface area (Å²) < 4.78 is 1.37. The zero-order valence-electron chi connectivity index (χ0n) is 10.7. The van der Waals surface area contributed by atoms with Gasteiger partial charge >= 0.3 is 6.03 Å². The van der Waals surface area contributed by atoms with Gasteiger partial charge in [-0.1, -0.05) is 6.92 Å². The molecular weight excluding hydrogens is 232 g/mol. The van der Waals surface area contributed by atoms with Crippen molar-refractivity contribution in [1.82, 2.24) is 14.9 Å². The molecule has 0 bridgehead atoms. The largest absolute Gasteiger partial charge is 0.337 e. The second-order valence-corrected chi connectivity index (χ2v) is 4.85. The molecule has 0 saturated heterocycles. The Bertz CT molecular complexity index is 505. The minimum atomic E-state index is -0.370. The third-order valence-electron chi connectivity index (χ3n) is 3.58. The Kier molecular flexibility index (Phi) is 3.36. The first kappa shape index (κ1) is 12.6. The van der Waals surface area contributed by atoms with Gasteiger partial charge in [-0.25, -0.2) is 9.78 Å². The highest BCUT2D eigenvalue weighted by Gasteiger charge is 2.40. The number of hydrogen-bond donors (Lipinski definition) is 2. The van der Waals surface area contributed by atoms with E-state index in [2.05, 4.69) is 22.5 Å². The fraction of sp³-hybridized carbons (Fsp3) is 0.583. The highest BCUT2D eigenvalue weighted by atomic mass is 16.2. The van der Waals surface area contributed by atoms with Crippen LogP contribution in [0.15, 0.2) is 17.2 Å². The summed E-state index contributed by atoms with van der Waals surface area (Å²) in [5.41, 5.74) is -0.0313. The number of rotatable bonds is 4. The van der Waals surface area contributed by atoms with Crippen LogP contribution in [-0.2, 0) is 7.05 Å². The molecule has 1 fully saturated rings.